The lowest BCUT2D eigenvalue weighted by atomic mass is 9.85. The Morgan fingerprint density at radius 2 is 0.789 bits per heavy atom. The van der Waals surface area contributed by atoms with Gasteiger partial charge >= 0.3 is 0 Å². The maximum Gasteiger partial charge on any atom is 0.123 e. The van der Waals surface area contributed by atoms with E-state index in [1.54, 1.807) is 12.1 Å². The van der Waals surface area contributed by atoms with Crippen LogP contribution in [0.5, 0.6) is 0 Å². The van der Waals surface area contributed by atoms with Crippen LogP contribution in [0.25, 0.3) is 66.1 Å². The van der Waals surface area contributed by atoms with Gasteiger partial charge in [0, 0.05) is 27.1 Å². The fraction of sp³-hybridized carbons (Fsp3) is 0.302. The summed E-state index contributed by atoms with van der Waals surface area (Å²) in [6.45, 7) is 27.0. The smallest absolute Gasteiger partial charge is 0.123 e. The van der Waals surface area contributed by atoms with Gasteiger partial charge in [-0.15, -0.1) is 0 Å². The SMILES string of the molecule is CC(C)(C)c1ccc2c(c1)c1ccc(C(C)(C)C)cc1n2-c1cc(C#N)cc(-n2c3ccc(C(C)(C)C)cc3c3ccc(C(C)(C)C)cc32)c1-c1ccc(F)cc1. The molecule has 8 aromatic rings. The average molecular weight is 752 g/mol. The van der Waals surface area contributed by atoms with E-state index in [1.807, 2.05) is 24.3 Å². The molecule has 0 aliphatic rings. The Kier molecular flexibility index (Phi) is 8.67. The van der Waals surface area contributed by atoms with Gasteiger partial charge in [0.2, 0.25) is 0 Å². The molecule has 0 aliphatic carbocycles. The van der Waals surface area contributed by atoms with Crippen LogP contribution in [-0.4, -0.2) is 9.13 Å². The van der Waals surface area contributed by atoms with Crippen molar-refractivity contribution in [2.75, 3.05) is 0 Å². The molecular weight excluding hydrogens is 698 g/mol. The molecule has 288 valence electrons. The van der Waals surface area contributed by atoms with Crippen molar-refractivity contribution in [1.29, 1.82) is 5.26 Å². The van der Waals surface area contributed by atoms with Gasteiger partial charge in [0.05, 0.1) is 45.1 Å². The summed E-state index contributed by atoms with van der Waals surface area (Å²) in [4.78, 5) is 0. The summed E-state index contributed by atoms with van der Waals surface area (Å²) in [6.07, 6.45) is 0. The lowest BCUT2D eigenvalue weighted by Crippen LogP contribution is -2.11. The zero-order valence-corrected chi connectivity index (χ0v) is 35.6. The minimum Gasteiger partial charge on any atom is -0.308 e. The topological polar surface area (TPSA) is 33.6 Å². The summed E-state index contributed by atoms with van der Waals surface area (Å²) < 4.78 is 19.5. The van der Waals surface area contributed by atoms with E-state index in [0.29, 0.717) is 5.56 Å². The number of nitrogens with zero attached hydrogens (tertiary/aromatic N) is 3. The molecule has 0 aliphatic heterocycles. The van der Waals surface area contributed by atoms with Crippen LogP contribution < -0.4 is 0 Å². The second-order valence-corrected chi connectivity index (χ2v) is 20.1. The molecule has 8 rings (SSSR count). The van der Waals surface area contributed by atoms with Crippen molar-refractivity contribution in [2.24, 2.45) is 0 Å². The normalized spacial score (nSPS) is 13.0. The summed E-state index contributed by atoms with van der Waals surface area (Å²) in [7, 11) is 0. The summed E-state index contributed by atoms with van der Waals surface area (Å²) in [6, 6.07) is 40.8. The van der Waals surface area contributed by atoms with Crippen molar-refractivity contribution < 1.29 is 4.39 Å². The number of hydrogen-bond acceptors (Lipinski definition) is 1. The maximum absolute atomic E-state index is 14.8. The van der Waals surface area contributed by atoms with Gasteiger partial charge in [-0.3, -0.25) is 0 Å². The van der Waals surface area contributed by atoms with Crippen molar-refractivity contribution >= 4 is 43.6 Å². The summed E-state index contributed by atoms with van der Waals surface area (Å²) in [5.74, 6) is -0.293. The zero-order valence-electron chi connectivity index (χ0n) is 35.6. The molecule has 0 bridgehead atoms. The van der Waals surface area contributed by atoms with Crippen LogP contribution in [0.3, 0.4) is 0 Å². The second-order valence-electron chi connectivity index (χ2n) is 20.1. The summed E-state index contributed by atoms with van der Waals surface area (Å²) in [5, 5.41) is 15.5. The number of aromatic nitrogens is 2. The van der Waals surface area contributed by atoms with E-state index in [4.69, 9.17) is 0 Å². The Balaban J connectivity index is 1.60. The molecule has 6 aromatic carbocycles. The predicted octanol–water partition coefficient (Wildman–Crippen LogP) is 14.7. The molecule has 0 saturated heterocycles. The zero-order chi connectivity index (χ0) is 41.0. The molecule has 0 spiro atoms. The fourth-order valence-electron chi connectivity index (χ4n) is 8.37. The Bertz CT molecular complexity index is 2760. The van der Waals surface area contributed by atoms with Crippen molar-refractivity contribution in [3.63, 3.8) is 0 Å². The predicted molar refractivity (Wildman–Crippen MR) is 240 cm³/mol. The third kappa shape index (κ3) is 6.52. The molecule has 0 radical (unpaired) electrons. The first-order valence-corrected chi connectivity index (χ1v) is 20.2. The molecule has 0 unspecified atom stereocenters. The summed E-state index contributed by atoms with van der Waals surface area (Å²) in [5.41, 5.74) is 13.0. The van der Waals surface area contributed by atoms with E-state index in [0.717, 1.165) is 66.1 Å². The van der Waals surface area contributed by atoms with Crippen LogP contribution in [0.15, 0.2) is 109 Å². The third-order valence-corrected chi connectivity index (χ3v) is 11.8. The van der Waals surface area contributed by atoms with Crippen LogP contribution in [0.1, 0.15) is 111 Å². The molecule has 3 nitrogen and oxygen atoms in total. The molecule has 0 saturated carbocycles. The molecule has 0 amide bonds. The Hall–Kier alpha value is -5.66. The van der Waals surface area contributed by atoms with Crippen molar-refractivity contribution in [3.05, 3.63) is 143 Å². The first kappa shape index (κ1) is 38.2. The van der Waals surface area contributed by atoms with Crippen LogP contribution >= 0.6 is 0 Å². The molecule has 2 aromatic heterocycles. The number of halogens is 1. The monoisotopic (exact) mass is 751 g/mol. The van der Waals surface area contributed by atoms with Crippen LogP contribution in [0.4, 0.5) is 4.39 Å². The van der Waals surface area contributed by atoms with Gasteiger partial charge in [0.25, 0.3) is 0 Å². The van der Waals surface area contributed by atoms with Crippen LogP contribution in [-0.2, 0) is 21.7 Å². The van der Waals surface area contributed by atoms with Crippen LogP contribution in [0.2, 0.25) is 0 Å². The van der Waals surface area contributed by atoms with Gasteiger partial charge in [-0.05, 0) is 110 Å². The highest BCUT2D eigenvalue weighted by atomic mass is 19.1. The highest BCUT2D eigenvalue weighted by Crippen LogP contribution is 2.45. The minimum absolute atomic E-state index is 0.0452. The average Bonchev–Trinajstić information content (AvgIpc) is 3.64. The number of hydrogen-bond donors (Lipinski definition) is 0. The molecular formula is C53H54FN3. The molecule has 2 heterocycles. The minimum atomic E-state index is -0.293. The van der Waals surface area contributed by atoms with Gasteiger partial charge < -0.3 is 9.13 Å². The molecule has 4 heteroatoms. The second kappa shape index (κ2) is 12.9. The van der Waals surface area contributed by atoms with Gasteiger partial charge in [0.15, 0.2) is 0 Å². The maximum atomic E-state index is 14.8. The van der Waals surface area contributed by atoms with Gasteiger partial charge in [0.1, 0.15) is 5.82 Å². The van der Waals surface area contributed by atoms with Gasteiger partial charge in [-0.2, -0.15) is 5.26 Å². The van der Waals surface area contributed by atoms with E-state index in [9.17, 15) is 9.65 Å². The van der Waals surface area contributed by atoms with E-state index < -0.39 is 0 Å². The van der Waals surface area contributed by atoms with Crippen molar-refractivity contribution in [2.45, 2.75) is 105 Å². The largest absolute Gasteiger partial charge is 0.308 e. The molecule has 0 atom stereocenters. The van der Waals surface area contributed by atoms with Crippen molar-refractivity contribution in [1.82, 2.24) is 9.13 Å². The van der Waals surface area contributed by atoms with E-state index >= 15 is 0 Å². The molecule has 0 fully saturated rings. The van der Waals surface area contributed by atoms with Gasteiger partial charge in [-0.1, -0.05) is 132 Å². The number of fused-ring (bicyclic) bond motifs is 6. The number of nitriles is 1. The van der Waals surface area contributed by atoms with E-state index in [1.165, 1.54) is 22.3 Å². The van der Waals surface area contributed by atoms with E-state index in [2.05, 4.69) is 171 Å². The quantitative estimate of drug-likeness (QED) is 0.177. The Morgan fingerprint density at radius 3 is 1.16 bits per heavy atom. The first-order chi connectivity index (χ1) is 26.6. The van der Waals surface area contributed by atoms with E-state index in [-0.39, 0.29) is 27.5 Å². The highest BCUT2D eigenvalue weighted by molar-refractivity contribution is 6.12. The lowest BCUT2D eigenvalue weighted by Gasteiger charge is -2.23. The van der Waals surface area contributed by atoms with Gasteiger partial charge in [-0.25, -0.2) is 4.39 Å². The molecule has 0 N–H and O–H groups in total. The highest BCUT2D eigenvalue weighted by Gasteiger charge is 2.27. The Labute approximate surface area is 337 Å². The first-order valence-electron chi connectivity index (χ1n) is 20.2. The van der Waals surface area contributed by atoms with Crippen molar-refractivity contribution in [3.8, 4) is 28.6 Å². The Morgan fingerprint density at radius 1 is 0.421 bits per heavy atom. The standard InChI is InChI=1S/C53H54FN3/c1-50(2,3)34-17-23-43-41(27-34)39-21-15-36(52(7,8)9)29-45(39)56(43)47-25-32(31-55)26-48(49(47)33-13-19-38(54)20-14-33)57-44-24-18-35(51(4,5)6)28-42(44)40-22-16-37(30-46(40)57)53(10,11)12/h13-30H,1-12H3. The fourth-order valence-corrected chi connectivity index (χ4v) is 8.37. The number of rotatable bonds is 3. The molecule has 57 heavy (non-hydrogen) atoms. The summed E-state index contributed by atoms with van der Waals surface area (Å²) >= 11 is 0. The van der Waals surface area contributed by atoms with Crippen LogP contribution in [0, 0.1) is 17.1 Å². The number of benzene rings is 6. The lowest BCUT2D eigenvalue weighted by molar-refractivity contribution is 0.590. The third-order valence-electron chi connectivity index (χ3n) is 11.8.